The second-order valence-corrected chi connectivity index (χ2v) is 12.5. The molecule has 0 aliphatic carbocycles. The number of aromatic hydroxyl groups is 1. The topological polar surface area (TPSA) is 165 Å². The second-order valence-electron chi connectivity index (χ2n) is 8.48. The molecule has 0 saturated carbocycles. The number of carbonyl (C=O) groups is 2. The van der Waals surface area contributed by atoms with Crippen LogP contribution in [0.1, 0.15) is 18.4 Å². The SMILES string of the molecule is O=C1CN(c2c(O)cc(NC(=O)NC3CCN(S(=O)(=O)Cc4ccccc4Cl)CC3)cc2F)S(=O)(=O)N1. The number of amides is 3. The fourth-order valence-corrected chi connectivity index (χ4v) is 7.13. The molecule has 37 heavy (non-hydrogen) atoms. The van der Waals surface area contributed by atoms with E-state index in [0.29, 0.717) is 27.7 Å². The third-order valence-corrected chi connectivity index (χ3v) is 9.42. The molecule has 16 heteroatoms. The number of piperidine rings is 1. The van der Waals surface area contributed by atoms with Crippen molar-refractivity contribution in [3.05, 3.63) is 52.8 Å². The van der Waals surface area contributed by atoms with Crippen LogP contribution in [0.4, 0.5) is 20.6 Å². The Morgan fingerprint density at radius 1 is 1.22 bits per heavy atom. The highest BCUT2D eigenvalue weighted by Gasteiger charge is 2.37. The molecule has 2 fully saturated rings. The molecule has 0 radical (unpaired) electrons. The average Bonchev–Trinajstić information content (AvgIpc) is 3.06. The number of phenolic OH excluding ortho intramolecular Hbond substituents is 1. The maximum absolute atomic E-state index is 14.6. The van der Waals surface area contributed by atoms with E-state index >= 15 is 0 Å². The molecule has 3 amide bonds. The Hall–Kier alpha value is -3.14. The molecule has 0 bridgehead atoms. The molecule has 200 valence electrons. The van der Waals surface area contributed by atoms with Gasteiger partial charge in [-0.05, 0) is 30.5 Å². The zero-order chi connectivity index (χ0) is 27.0. The van der Waals surface area contributed by atoms with Crippen LogP contribution in [-0.2, 0) is 30.8 Å². The van der Waals surface area contributed by atoms with E-state index in [-0.39, 0.29) is 30.6 Å². The van der Waals surface area contributed by atoms with Gasteiger partial charge in [0.2, 0.25) is 10.0 Å². The zero-order valence-corrected chi connectivity index (χ0v) is 21.5. The number of nitrogens with zero attached hydrogens (tertiary/aromatic N) is 2. The van der Waals surface area contributed by atoms with Crippen LogP contribution in [0.2, 0.25) is 5.02 Å². The maximum atomic E-state index is 14.6. The number of benzene rings is 2. The van der Waals surface area contributed by atoms with Gasteiger partial charge in [-0.15, -0.1) is 0 Å². The molecule has 0 aromatic heterocycles. The predicted molar refractivity (Wildman–Crippen MR) is 133 cm³/mol. The lowest BCUT2D eigenvalue weighted by atomic mass is 10.1. The second kappa shape index (κ2) is 10.3. The smallest absolute Gasteiger partial charge is 0.326 e. The fraction of sp³-hybridized carbons (Fsp3) is 0.333. The standard InChI is InChI=1S/C21H23ClFN5O7S2/c22-16-4-2-1-3-13(16)12-36(32,33)27-7-5-14(6-8-27)24-21(31)25-15-9-17(23)20(18(29)10-15)28-11-19(30)26-37(28,34)35/h1-4,9-10,14,29H,5-8,11-12H2,(H,26,30)(H2,24,25,31). The number of anilines is 2. The Balaban J connectivity index is 1.33. The van der Waals surface area contributed by atoms with Gasteiger partial charge in [-0.3, -0.25) is 4.79 Å². The van der Waals surface area contributed by atoms with Crippen LogP contribution in [-0.4, -0.2) is 63.9 Å². The Bertz CT molecular complexity index is 1420. The Labute approximate surface area is 217 Å². The van der Waals surface area contributed by atoms with Crippen molar-refractivity contribution in [2.75, 3.05) is 29.3 Å². The molecule has 2 aromatic rings. The minimum absolute atomic E-state index is 0.160. The van der Waals surface area contributed by atoms with Crippen molar-refractivity contribution in [2.24, 2.45) is 0 Å². The normalized spacial score (nSPS) is 18.4. The minimum atomic E-state index is -4.34. The zero-order valence-electron chi connectivity index (χ0n) is 19.1. The Kier molecular flexibility index (Phi) is 7.50. The lowest BCUT2D eigenvalue weighted by Crippen LogP contribution is -2.47. The number of halogens is 2. The van der Waals surface area contributed by atoms with Crippen LogP contribution >= 0.6 is 11.6 Å². The van der Waals surface area contributed by atoms with Crippen molar-refractivity contribution >= 4 is 55.1 Å². The van der Waals surface area contributed by atoms with Gasteiger partial charge in [-0.1, -0.05) is 29.8 Å². The third-order valence-electron chi connectivity index (χ3n) is 5.85. The van der Waals surface area contributed by atoms with Gasteiger partial charge in [-0.2, -0.15) is 8.42 Å². The number of hydrogen-bond acceptors (Lipinski definition) is 7. The molecule has 0 spiro atoms. The molecule has 2 saturated heterocycles. The van der Waals surface area contributed by atoms with E-state index in [1.165, 1.54) is 4.31 Å². The summed E-state index contributed by atoms with van der Waals surface area (Å²) in [5.74, 6) is -3.10. The molecule has 2 heterocycles. The highest BCUT2D eigenvalue weighted by molar-refractivity contribution is 7.92. The molecule has 12 nitrogen and oxygen atoms in total. The molecular weight excluding hydrogens is 553 g/mol. The molecule has 2 aliphatic rings. The van der Waals surface area contributed by atoms with E-state index in [2.05, 4.69) is 10.6 Å². The van der Waals surface area contributed by atoms with Crippen molar-refractivity contribution in [3.63, 3.8) is 0 Å². The first-order valence-electron chi connectivity index (χ1n) is 11.0. The molecule has 0 atom stereocenters. The van der Waals surface area contributed by atoms with Crippen LogP contribution in [0.3, 0.4) is 0 Å². The van der Waals surface area contributed by atoms with Crippen molar-refractivity contribution < 1.29 is 35.9 Å². The Morgan fingerprint density at radius 3 is 2.49 bits per heavy atom. The van der Waals surface area contributed by atoms with Crippen molar-refractivity contribution in [2.45, 2.75) is 24.6 Å². The summed E-state index contributed by atoms with van der Waals surface area (Å²) in [5.41, 5.74) is -0.392. The Morgan fingerprint density at radius 2 is 1.89 bits per heavy atom. The summed E-state index contributed by atoms with van der Waals surface area (Å²) in [7, 11) is -7.96. The first-order chi connectivity index (χ1) is 17.4. The number of rotatable bonds is 6. The van der Waals surface area contributed by atoms with Crippen molar-refractivity contribution in [1.82, 2.24) is 14.3 Å². The number of hydrogen-bond donors (Lipinski definition) is 4. The average molecular weight is 576 g/mol. The highest BCUT2D eigenvalue weighted by atomic mass is 35.5. The molecule has 2 aromatic carbocycles. The van der Waals surface area contributed by atoms with Crippen molar-refractivity contribution in [1.29, 1.82) is 0 Å². The molecule has 2 aliphatic heterocycles. The lowest BCUT2D eigenvalue weighted by molar-refractivity contribution is -0.117. The van der Waals surface area contributed by atoms with E-state index in [1.54, 1.807) is 29.0 Å². The first-order valence-corrected chi connectivity index (χ1v) is 14.4. The van der Waals surface area contributed by atoms with Crippen LogP contribution in [0.25, 0.3) is 0 Å². The van der Waals surface area contributed by atoms with E-state index in [0.717, 1.165) is 12.1 Å². The van der Waals surface area contributed by atoms with Gasteiger partial charge in [0.05, 0.1) is 5.75 Å². The van der Waals surface area contributed by atoms with Gasteiger partial charge in [0.25, 0.3) is 5.91 Å². The minimum Gasteiger partial charge on any atom is -0.506 e. The van der Waals surface area contributed by atoms with E-state index in [4.69, 9.17) is 11.6 Å². The van der Waals surface area contributed by atoms with Gasteiger partial charge in [-0.25, -0.2) is 30.9 Å². The third kappa shape index (κ3) is 6.06. The van der Waals surface area contributed by atoms with Crippen LogP contribution in [0, 0.1) is 5.82 Å². The molecule has 4 N–H and O–H groups in total. The summed E-state index contributed by atoms with van der Waals surface area (Å²) in [6, 6.07) is 7.33. The lowest BCUT2D eigenvalue weighted by Gasteiger charge is -2.31. The van der Waals surface area contributed by atoms with Crippen molar-refractivity contribution in [3.8, 4) is 5.75 Å². The number of sulfonamides is 1. The summed E-state index contributed by atoms with van der Waals surface area (Å²) in [6.07, 6.45) is 0.670. The largest absolute Gasteiger partial charge is 0.506 e. The summed E-state index contributed by atoms with van der Waals surface area (Å²) >= 11 is 6.07. The monoisotopic (exact) mass is 575 g/mol. The summed E-state index contributed by atoms with van der Waals surface area (Å²) < 4.78 is 67.4. The van der Waals surface area contributed by atoms with Crippen LogP contribution in [0.15, 0.2) is 36.4 Å². The number of phenols is 1. The quantitative estimate of drug-likeness (QED) is 0.405. The number of nitrogens with one attached hydrogen (secondary N) is 3. The summed E-state index contributed by atoms with van der Waals surface area (Å²) in [5, 5.41) is 15.6. The van der Waals surface area contributed by atoms with E-state index < -0.39 is 56.0 Å². The maximum Gasteiger partial charge on any atom is 0.326 e. The van der Waals surface area contributed by atoms with Gasteiger partial charge >= 0.3 is 16.2 Å². The fourth-order valence-electron chi connectivity index (χ4n) is 4.08. The molecule has 4 rings (SSSR count). The first kappa shape index (κ1) is 26.9. The molecule has 0 unspecified atom stereocenters. The van der Waals surface area contributed by atoms with Gasteiger partial charge in [0.1, 0.15) is 18.0 Å². The van der Waals surface area contributed by atoms with Gasteiger partial charge in [0, 0.05) is 35.9 Å². The predicted octanol–water partition coefficient (Wildman–Crippen LogP) is 1.48. The number of carbonyl (C=O) groups excluding carboxylic acids is 2. The summed E-state index contributed by atoms with van der Waals surface area (Å²) in [6.45, 7) is -0.343. The summed E-state index contributed by atoms with van der Waals surface area (Å²) in [4.78, 5) is 23.8. The molecular formula is C21H23ClFN5O7S2. The van der Waals surface area contributed by atoms with E-state index in [9.17, 15) is 35.9 Å². The highest BCUT2D eigenvalue weighted by Crippen LogP contribution is 2.36. The van der Waals surface area contributed by atoms with E-state index in [1.807, 2.05) is 0 Å². The van der Waals surface area contributed by atoms with Crippen LogP contribution in [0.5, 0.6) is 5.75 Å². The van der Waals surface area contributed by atoms with Crippen LogP contribution < -0.4 is 19.7 Å². The van der Waals surface area contributed by atoms with Gasteiger partial charge < -0.3 is 15.7 Å². The number of urea groups is 1. The van der Waals surface area contributed by atoms with Gasteiger partial charge in [0.15, 0.2) is 5.82 Å².